The molecular weight excluding hydrogens is 308 g/mol. The number of amides is 1. The van der Waals surface area contributed by atoms with Crippen molar-refractivity contribution in [1.82, 2.24) is 5.32 Å². The minimum Gasteiger partial charge on any atom is -0.497 e. The molecule has 0 aliphatic rings. The van der Waals surface area contributed by atoms with Gasteiger partial charge in [0.2, 0.25) is 5.91 Å². The standard InChI is InChI=1S/C16H15F2NO2S/c1-21-13-5-2-11(3-6-13)9-19-16(20)10-22-15-8-12(17)4-7-14(15)18/h2-8H,9-10H2,1H3,(H,19,20). The van der Waals surface area contributed by atoms with E-state index in [2.05, 4.69) is 5.32 Å². The Morgan fingerprint density at radius 1 is 1.18 bits per heavy atom. The summed E-state index contributed by atoms with van der Waals surface area (Å²) in [5.41, 5.74) is 0.927. The summed E-state index contributed by atoms with van der Waals surface area (Å²) in [4.78, 5) is 11.9. The molecule has 0 atom stereocenters. The van der Waals surface area contributed by atoms with E-state index in [1.165, 1.54) is 0 Å². The van der Waals surface area contributed by atoms with E-state index in [1.807, 2.05) is 12.1 Å². The lowest BCUT2D eigenvalue weighted by atomic mass is 10.2. The van der Waals surface area contributed by atoms with Gasteiger partial charge in [-0.25, -0.2) is 8.78 Å². The van der Waals surface area contributed by atoms with Crippen molar-refractivity contribution < 1.29 is 18.3 Å². The monoisotopic (exact) mass is 323 g/mol. The smallest absolute Gasteiger partial charge is 0.230 e. The number of thioether (sulfide) groups is 1. The van der Waals surface area contributed by atoms with Crippen LogP contribution in [0.5, 0.6) is 5.75 Å². The zero-order valence-corrected chi connectivity index (χ0v) is 12.8. The van der Waals surface area contributed by atoms with Gasteiger partial charge in [0.25, 0.3) is 0 Å². The van der Waals surface area contributed by atoms with E-state index in [-0.39, 0.29) is 16.6 Å². The van der Waals surface area contributed by atoms with Gasteiger partial charge in [-0.15, -0.1) is 11.8 Å². The fraction of sp³-hybridized carbons (Fsp3) is 0.188. The number of rotatable bonds is 6. The third-order valence-corrected chi connectivity index (χ3v) is 3.93. The molecule has 2 aromatic carbocycles. The van der Waals surface area contributed by atoms with Crippen molar-refractivity contribution in [1.29, 1.82) is 0 Å². The van der Waals surface area contributed by atoms with Gasteiger partial charge < -0.3 is 10.1 Å². The molecule has 116 valence electrons. The molecule has 0 saturated heterocycles. The molecule has 0 unspecified atom stereocenters. The molecular formula is C16H15F2NO2S. The largest absolute Gasteiger partial charge is 0.497 e. The molecule has 0 aliphatic heterocycles. The summed E-state index contributed by atoms with van der Waals surface area (Å²) in [7, 11) is 1.58. The van der Waals surface area contributed by atoms with Gasteiger partial charge in [0.1, 0.15) is 17.4 Å². The first-order valence-corrected chi connectivity index (χ1v) is 7.54. The van der Waals surface area contributed by atoms with Gasteiger partial charge in [0, 0.05) is 11.4 Å². The van der Waals surface area contributed by atoms with Crippen molar-refractivity contribution in [3.63, 3.8) is 0 Å². The van der Waals surface area contributed by atoms with Crippen LogP contribution in [0, 0.1) is 11.6 Å². The highest BCUT2D eigenvalue weighted by atomic mass is 32.2. The Morgan fingerprint density at radius 2 is 1.91 bits per heavy atom. The Balaban J connectivity index is 1.81. The zero-order chi connectivity index (χ0) is 15.9. The van der Waals surface area contributed by atoms with Gasteiger partial charge in [-0.1, -0.05) is 12.1 Å². The molecule has 0 fully saturated rings. The molecule has 0 bridgehead atoms. The highest BCUT2D eigenvalue weighted by Gasteiger charge is 2.08. The van der Waals surface area contributed by atoms with Crippen molar-refractivity contribution in [2.45, 2.75) is 11.4 Å². The summed E-state index contributed by atoms with van der Waals surface area (Å²) in [6, 6.07) is 10.5. The van der Waals surface area contributed by atoms with Gasteiger partial charge in [-0.05, 0) is 35.9 Å². The molecule has 0 aromatic heterocycles. The lowest BCUT2D eigenvalue weighted by molar-refractivity contribution is -0.118. The molecule has 2 aromatic rings. The second-order valence-electron chi connectivity index (χ2n) is 4.49. The van der Waals surface area contributed by atoms with E-state index in [0.29, 0.717) is 6.54 Å². The second kappa shape index (κ2) is 7.79. The normalized spacial score (nSPS) is 10.3. The first-order chi connectivity index (χ1) is 10.6. The Hall–Kier alpha value is -2.08. The number of carbonyl (C=O) groups is 1. The molecule has 1 amide bonds. The lowest BCUT2D eigenvalue weighted by Crippen LogP contribution is -2.24. The fourth-order valence-corrected chi connectivity index (χ4v) is 2.52. The molecule has 0 saturated carbocycles. The third-order valence-electron chi connectivity index (χ3n) is 2.90. The minimum atomic E-state index is -0.533. The molecule has 6 heteroatoms. The second-order valence-corrected chi connectivity index (χ2v) is 5.51. The van der Waals surface area contributed by atoms with Gasteiger partial charge in [-0.3, -0.25) is 4.79 Å². The van der Waals surface area contributed by atoms with Gasteiger partial charge in [0.05, 0.1) is 12.9 Å². The fourth-order valence-electron chi connectivity index (χ4n) is 1.73. The van der Waals surface area contributed by atoms with Crippen LogP contribution in [0.3, 0.4) is 0 Å². The first-order valence-electron chi connectivity index (χ1n) is 6.56. The quantitative estimate of drug-likeness (QED) is 0.828. The Bertz CT molecular complexity index is 647. The number of methoxy groups -OCH3 is 1. The van der Waals surface area contributed by atoms with Crippen LogP contribution in [-0.4, -0.2) is 18.8 Å². The summed E-state index contributed by atoms with van der Waals surface area (Å²) >= 11 is 0.963. The highest BCUT2D eigenvalue weighted by Crippen LogP contribution is 2.22. The molecule has 0 heterocycles. The SMILES string of the molecule is COc1ccc(CNC(=O)CSc2cc(F)ccc2F)cc1. The van der Waals surface area contributed by atoms with E-state index in [9.17, 15) is 13.6 Å². The van der Waals surface area contributed by atoms with Crippen molar-refractivity contribution in [2.24, 2.45) is 0 Å². The Labute approximate surface area is 131 Å². The van der Waals surface area contributed by atoms with Crippen LogP contribution in [0.1, 0.15) is 5.56 Å². The van der Waals surface area contributed by atoms with Gasteiger partial charge in [0.15, 0.2) is 0 Å². The van der Waals surface area contributed by atoms with E-state index in [4.69, 9.17) is 4.74 Å². The summed E-state index contributed by atoms with van der Waals surface area (Å²) in [5.74, 6) is -0.537. The van der Waals surface area contributed by atoms with Crippen LogP contribution in [0.4, 0.5) is 8.78 Å². The molecule has 3 nitrogen and oxygen atoms in total. The highest BCUT2D eigenvalue weighted by molar-refractivity contribution is 8.00. The number of halogens is 2. The minimum absolute atomic E-state index is 0.0243. The van der Waals surface area contributed by atoms with E-state index in [1.54, 1.807) is 19.2 Å². The molecule has 0 aliphatic carbocycles. The molecule has 1 N–H and O–H groups in total. The third kappa shape index (κ3) is 4.73. The van der Waals surface area contributed by atoms with Crippen LogP contribution in [0.25, 0.3) is 0 Å². The first kappa shape index (κ1) is 16.3. The molecule has 2 rings (SSSR count). The number of nitrogens with one attached hydrogen (secondary N) is 1. The lowest BCUT2D eigenvalue weighted by Gasteiger charge is -2.07. The summed E-state index contributed by atoms with van der Waals surface area (Å²) in [6.07, 6.45) is 0. The van der Waals surface area contributed by atoms with Crippen LogP contribution >= 0.6 is 11.8 Å². The maximum Gasteiger partial charge on any atom is 0.230 e. The maximum absolute atomic E-state index is 13.4. The van der Waals surface area contributed by atoms with E-state index in [0.717, 1.165) is 41.3 Å². The zero-order valence-electron chi connectivity index (χ0n) is 11.9. The summed E-state index contributed by atoms with van der Waals surface area (Å²) < 4.78 is 31.5. The number of ether oxygens (including phenoxy) is 1. The number of hydrogen-bond acceptors (Lipinski definition) is 3. The summed E-state index contributed by atoms with van der Waals surface area (Å²) in [6.45, 7) is 0.370. The van der Waals surface area contributed by atoms with E-state index >= 15 is 0 Å². The Morgan fingerprint density at radius 3 is 2.59 bits per heavy atom. The van der Waals surface area contributed by atoms with Crippen LogP contribution < -0.4 is 10.1 Å². The van der Waals surface area contributed by atoms with Crippen molar-refractivity contribution in [3.05, 3.63) is 59.7 Å². The van der Waals surface area contributed by atoms with Gasteiger partial charge in [-0.2, -0.15) is 0 Å². The predicted molar refractivity (Wildman–Crippen MR) is 81.9 cm³/mol. The van der Waals surface area contributed by atoms with Gasteiger partial charge >= 0.3 is 0 Å². The number of hydrogen-bond donors (Lipinski definition) is 1. The van der Waals surface area contributed by atoms with E-state index < -0.39 is 11.6 Å². The van der Waals surface area contributed by atoms with Crippen molar-refractivity contribution >= 4 is 17.7 Å². The molecule has 22 heavy (non-hydrogen) atoms. The Kier molecular flexibility index (Phi) is 5.77. The average Bonchev–Trinajstić information content (AvgIpc) is 2.54. The van der Waals surface area contributed by atoms with Crippen molar-refractivity contribution in [3.8, 4) is 5.75 Å². The number of benzene rings is 2. The van der Waals surface area contributed by atoms with Crippen LogP contribution in [-0.2, 0) is 11.3 Å². The topological polar surface area (TPSA) is 38.3 Å². The average molecular weight is 323 g/mol. The maximum atomic E-state index is 13.4. The van der Waals surface area contributed by atoms with Crippen LogP contribution in [0.15, 0.2) is 47.4 Å². The molecule has 0 spiro atoms. The van der Waals surface area contributed by atoms with Crippen LogP contribution in [0.2, 0.25) is 0 Å². The predicted octanol–water partition coefficient (Wildman–Crippen LogP) is 3.38. The molecule has 0 radical (unpaired) electrons. The summed E-state index contributed by atoms with van der Waals surface area (Å²) in [5, 5.41) is 2.72. The van der Waals surface area contributed by atoms with Crippen molar-refractivity contribution in [2.75, 3.05) is 12.9 Å². The number of carbonyl (C=O) groups excluding carboxylic acids is 1.